The molecule has 1 atom stereocenters. The quantitative estimate of drug-likeness (QED) is 0.779. The lowest BCUT2D eigenvalue weighted by molar-refractivity contribution is -0.157. The summed E-state index contributed by atoms with van der Waals surface area (Å²) >= 11 is 0. The lowest BCUT2D eigenvalue weighted by atomic mass is 9.90. The Bertz CT molecular complexity index is 588. The normalized spacial score (nSPS) is 20.8. The Labute approximate surface area is 144 Å². The standard InChI is InChI=1S/C19H28N2O3/c1-4-11-19(18(23)24-5-2)12-8-13-21(19)14-17(22)20-16-10-7-6-9-15(16)3/h6-7,9-10H,4-5,8,11-14H2,1-3H3,(H,20,22). The summed E-state index contributed by atoms with van der Waals surface area (Å²) in [5.74, 6) is -0.274. The number of hydrogen-bond donors (Lipinski definition) is 1. The number of aryl methyl sites for hydroxylation is 1. The molecule has 0 saturated carbocycles. The molecule has 1 aliphatic rings. The van der Waals surface area contributed by atoms with Gasteiger partial charge in [0, 0.05) is 5.69 Å². The van der Waals surface area contributed by atoms with E-state index in [1.165, 1.54) is 0 Å². The van der Waals surface area contributed by atoms with Crippen LogP contribution in [0, 0.1) is 6.92 Å². The van der Waals surface area contributed by atoms with Crippen LogP contribution in [0.5, 0.6) is 0 Å². The Balaban J connectivity index is 2.09. The fourth-order valence-corrected chi connectivity index (χ4v) is 3.54. The van der Waals surface area contributed by atoms with Gasteiger partial charge < -0.3 is 10.1 Å². The monoisotopic (exact) mass is 332 g/mol. The van der Waals surface area contributed by atoms with Crippen LogP contribution in [-0.2, 0) is 14.3 Å². The summed E-state index contributed by atoms with van der Waals surface area (Å²) in [7, 11) is 0. The minimum atomic E-state index is -0.645. The summed E-state index contributed by atoms with van der Waals surface area (Å²) in [6.07, 6.45) is 3.28. The molecular weight excluding hydrogens is 304 g/mol. The van der Waals surface area contributed by atoms with Gasteiger partial charge in [-0.25, -0.2) is 0 Å². The third kappa shape index (κ3) is 3.96. The number of nitrogens with zero attached hydrogens (tertiary/aromatic N) is 1. The molecule has 0 aliphatic carbocycles. The van der Waals surface area contributed by atoms with Crippen LogP contribution in [0.3, 0.4) is 0 Å². The minimum Gasteiger partial charge on any atom is -0.465 e. The maximum atomic E-state index is 12.6. The highest BCUT2D eigenvalue weighted by molar-refractivity contribution is 5.93. The largest absolute Gasteiger partial charge is 0.465 e. The van der Waals surface area contributed by atoms with E-state index in [4.69, 9.17) is 4.74 Å². The third-order valence-electron chi connectivity index (χ3n) is 4.70. The van der Waals surface area contributed by atoms with E-state index in [-0.39, 0.29) is 18.4 Å². The van der Waals surface area contributed by atoms with E-state index in [9.17, 15) is 9.59 Å². The van der Waals surface area contributed by atoms with Crippen LogP contribution >= 0.6 is 0 Å². The number of carbonyl (C=O) groups excluding carboxylic acids is 2. The smallest absolute Gasteiger partial charge is 0.326 e. The van der Waals surface area contributed by atoms with Crippen LogP contribution in [0.4, 0.5) is 5.69 Å². The van der Waals surface area contributed by atoms with Gasteiger partial charge in [0.25, 0.3) is 0 Å². The van der Waals surface area contributed by atoms with E-state index >= 15 is 0 Å². The number of ether oxygens (including phenoxy) is 1. The van der Waals surface area contributed by atoms with E-state index in [2.05, 4.69) is 12.2 Å². The number of para-hydroxylation sites is 1. The van der Waals surface area contributed by atoms with Crippen molar-refractivity contribution in [2.24, 2.45) is 0 Å². The van der Waals surface area contributed by atoms with E-state index in [1.54, 1.807) is 0 Å². The van der Waals surface area contributed by atoms with Gasteiger partial charge in [-0.3, -0.25) is 14.5 Å². The number of esters is 1. The van der Waals surface area contributed by atoms with Gasteiger partial charge in [0.1, 0.15) is 5.54 Å². The third-order valence-corrected chi connectivity index (χ3v) is 4.70. The molecule has 1 aromatic carbocycles. The van der Waals surface area contributed by atoms with Crippen molar-refractivity contribution in [2.45, 2.75) is 52.0 Å². The molecule has 0 spiro atoms. The van der Waals surface area contributed by atoms with Crippen molar-refractivity contribution in [2.75, 3.05) is 25.0 Å². The van der Waals surface area contributed by atoms with Crippen molar-refractivity contribution in [1.29, 1.82) is 0 Å². The summed E-state index contributed by atoms with van der Waals surface area (Å²) in [4.78, 5) is 27.1. The molecule has 1 N–H and O–H groups in total. The van der Waals surface area contributed by atoms with Crippen LogP contribution < -0.4 is 5.32 Å². The molecule has 5 nitrogen and oxygen atoms in total. The SMILES string of the molecule is CCCC1(C(=O)OCC)CCCN1CC(=O)Nc1ccccc1C. The zero-order valence-electron chi connectivity index (χ0n) is 14.9. The van der Waals surface area contributed by atoms with Gasteiger partial charge in [-0.15, -0.1) is 0 Å². The van der Waals surface area contributed by atoms with Crippen LogP contribution in [0.15, 0.2) is 24.3 Å². The summed E-state index contributed by atoms with van der Waals surface area (Å²) in [6, 6.07) is 7.70. The van der Waals surface area contributed by atoms with Crippen molar-refractivity contribution in [3.8, 4) is 0 Å². The Kier molecular flexibility index (Phi) is 6.37. The maximum Gasteiger partial charge on any atom is 0.326 e. The Hall–Kier alpha value is -1.88. The molecule has 5 heteroatoms. The lowest BCUT2D eigenvalue weighted by Gasteiger charge is -2.35. The number of benzene rings is 1. The number of rotatable bonds is 7. The molecular formula is C19H28N2O3. The van der Waals surface area contributed by atoms with Crippen molar-refractivity contribution < 1.29 is 14.3 Å². The highest BCUT2D eigenvalue weighted by Gasteiger charge is 2.48. The maximum absolute atomic E-state index is 12.6. The molecule has 0 aromatic heterocycles. The Morgan fingerprint density at radius 1 is 1.29 bits per heavy atom. The average Bonchev–Trinajstić information content (AvgIpc) is 2.94. The van der Waals surface area contributed by atoms with Gasteiger partial charge in [0.05, 0.1) is 13.2 Å². The number of amides is 1. The van der Waals surface area contributed by atoms with Crippen molar-refractivity contribution in [3.63, 3.8) is 0 Å². The van der Waals surface area contributed by atoms with Gasteiger partial charge >= 0.3 is 5.97 Å². The van der Waals surface area contributed by atoms with E-state index in [1.807, 2.05) is 43.0 Å². The predicted molar refractivity (Wildman–Crippen MR) is 94.9 cm³/mol. The topological polar surface area (TPSA) is 58.6 Å². The van der Waals surface area contributed by atoms with Crippen molar-refractivity contribution in [1.82, 2.24) is 4.90 Å². The highest BCUT2D eigenvalue weighted by Crippen LogP contribution is 2.34. The molecule has 0 radical (unpaired) electrons. The summed E-state index contributed by atoms with van der Waals surface area (Å²) < 4.78 is 5.32. The molecule has 1 amide bonds. The van der Waals surface area contributed by atoms with Crippen LogP contribution in [0.25, 0.3) is 0 Å². The van der Waals surface area contributed by atoms with Gasteiger partial charge in [0.15, 0.2) is 0 Å². The minimum absolute atomic E-state index is 0.0871. The number of carbonyl (C=O) groups is 2. The molecule has 1 saturated heterocycles. The van der Waals surface area contributed by atoms with E-state index < -0.39 is 5.54 Å². The molecule has 1 aliphatic heterocycles. The summed E-state index contributed by atoms with van der Waals surface area (Å²) in [5.41, 5.74) is 1.20. The van der Waals surface area contributed by atoms with Gasteiger partial charge in [0.2, 0.25) is 5.91 Å². The molecule has 1 aromatic rings. The second-order valence-corrected chi connectivity index (χ2v) is 6.39. The number of nitrogens with one attached hydrogen (secondary N) is 1. The second-order valence-electron chi connectivity index (χ2n) is 6.39. The molecule has 1 unspecified atom stereocenters. The van der Waals surface area contributed by atoms with Crippen molar-refractivity contribution >= 4 is 17.6 Å². The molecule has 0 bridgehead atoms. The predicted octanol–water partition coefficient (Wildman–Crippen LogP) is 3.13. The molecule has 1 heterocycles. The van der Waals surface area contributed by atoms with Crippen molar-refractivity contribution in [3.05, 3.63) is 29.8 Å². The van der Waals surface area contributed by atoms with Crippen LogP contribution in [0.2, 0.25) is 0 Å². The fourth-order valence-electron chi connectivity index (χ4n) is 3.54. The summed E-state index contributed by atoms with van der Waals surface area (Å²) in [6.45, 7) is 7.18. The van der Waals surface area contributed by atoms with Gasteiger partial charge in [-0.1, -0.05) is 31.5 Å². The molecule has 2 rings (SSSR count). The zero-order chi connectivity index (χ0) is 17.6. The first-order valence-corrected chi connectivity index (χ1v) is 8.81. The zero-order valence-corrected chi connectivity index (χ0v) is 14.9. The first-order chi connectivity index (χ1) is 11.5. The Morgan fingerprint density at radius 3 is 2.71 bits per heavy atom. The first-order valence-electron chi connectivity index (χ1n) is 8.81. The fraction of sp³-hybridized carbons (Fsp3) is 0.579. The Morgan fingerprint density at radius 2 is 2.04 bits per heavy atom. The van der Waals surface area contributed by atoms with E-state index in [0.29, 0.717) is 6.61 Å². The number of likely N-dealkylation sites (tertiary alicyclic amines) is 1. The molecule has 132 valence electrons. The first kappa shape index (κ1) is 18.5. The second kappa shape index (κ2) is 8.29. The molecule has 1 fully saturated rings. The van der Waals surface area contributed by atoms with Crippen LogP contribution in [0.1, 0.15) is 45.1 Å². The van der Waals surface area contributed by atoms with E-state index in [0.717, 1.165) is 43.5 Å². The van der Waals surface area contributed by atoms with Gasteiger partial charge in [-0.05, 0) is 51.3 Å². The number of anilines is 1. The van der Waals surface area contributed by atoms with Crippen LogP contribution in [-0.4, -0.2) is 42.0 Å². The highest BCUT2D eigenvalue weighted by atomic mass is 16.5. The number of hydrogen-bond acceptors (Lipinski definition) is 4. The van der Waals surface area contributed by atoms with Gasteiger partial charge in [-0.2, -0.15) is 0 Å². The molecule has 24 heavy (non-hydrogen) atoms. The average molecular weight is 332 g/mol. The summed E-state index contributed by atoms with van der Waals surface area (Å²) in [5, 5.41) is 2.96. The lowest BCUT2D eigenvalue weighted by Crippen LogP contribution is -2.53.